The fraction of sp³-hybridized carbons (Fsp3) is 0. The summed E-state index contributed by atoms with van der Waals surface area (Å²) in [6, 6.07) is 14.6. The lowest BCUT2D eigenvalue weighted by Crippen LogP contribution is -1.83. The second-order valence-electron chi connectivity index (χ2n) is 3.50. The second-order valence-corrected chi connectivity index (χ2v) is 4.29. The normalized spacial score (nSPS) is 10.7. The summed E-state index contributed by atoms with van der Waals surface area (Å²) in [6.07, 6.45) is 1.64. The summed E-state index contributed by atoms with van der Waals surface area (Å²) in [5, 5.41) is 18.0. The van der Waals surface area contributed by atoms with Crippen molar-refractivity contribution in [1.82, 2.24) is 0 Å². The van der Waals surface area contributed by atoms with E-state index < -0.39 is 0 Å². The summed E-state index contributed by atoms with van der Waals surface area (Å²) < 4.78 is 5.93. The minimum atomic E-state index is 0.453. The van der Waals surface area contributed by atoms with Crippen molar-refractivity contribution in [3.8, 4) is 12.1 Å². The van der Waals surface area contributed by atoms with E-state index >= 15 is 0 Å². The van der Waals surface area contributed by atoms with Crippen molar-refractivity contribution in [2.45, 2.75) is 0 Å². The van der Waals surface area contributed by atoms with Gasteiger partial charge in [0.05, 0.1) is 23.3 Å². The molecule has 1 aromatic carbocycles. The van der Waals surface area contributed by atoms with Crippen molar-refractivity contribution >= 4 is 27.6 Å². The molecule has 0 bridgehead atoms. The summed E-state index contributed by atoms with van der Waals surface area (Å²) >= 11 is 3.20. The van der Waals surface area contributed by atoms with Crippen LogP contribution in [0, 0.1) is 22.7 Å². The van der Waals surface area contributed by atoms with Gasteiger partial charge >= 0.3 is 0 Å². The maximum absolute atomic E-state index is 9.16. The number of hydrogen-bond donors (Lipinski definition) is 0. The first-order valence-corrected chi connectivity index (χ1v) is 5.90. The largest absolute Gasteiger partial charge is 0.450 e. The van der Waals surface area contributed by atoms with E-state index in [4.69, 9.17) is 14.9 Å². The van der Waals surface area contributed by atoms with Crippen LogP contribution in [-0.4, -0.2) is 0 Å². The molecule has 4 heteroatoms. The van der Waals surface area contributed by atoms with Gasteiger partial charge in [-0.25, -0.2) is 0 Å². The molecule has 0 amide bonds. The number of nitriles is 2. The number of benzene rings is 1. The number of halogens is 1. The van der Waals surface area contributed by atoms with Gasteiger partial charge in [-0.3, -0.25) is 0 Å². The standard InChI is InChI=1S/C14H7BrN2O/c15-14-5-4-13(18-14)7-12(9-17)11-3-1-2-10(6-11)8-16/h1-7H. The predicted molar refractivity (Wildman–Crippen MR) is 71.0 cm³/mol. The van der Waals surface area contributed by atoms with E-state index in [2.05, 4.69) is 22.0 Å². The zero-order valence-corrected chi connectivity index (χ0v) is 10.8. The van der Waals surface area contributed by atoms with E-state index in [9.17, 15) is 0 Å². The first-order chi connectivity index (χ1) is 8.72. The van der Waals surface area contributed by atoms with Crippen LogP contribution in [0.4, 0.5) is 0 Å². The Balaban J connectivity index is 2.43. The summed E-state index contributed by atoms with van der Waals surface area (Å²) in [5.41, 5.74) is 1.67. The summed E-state index contributed by atoms with van der Waals surface area (Å²) in [5.74, 6) is 0.584. The molecule has 0 aliphatic carbocycles. The number of nitrogens with zero attached hydrogens (tertiary/aromatic N) is 2. The van der Waals surface area contributed by atoms with Crippen LogP contribution in [0.25, 0.3) is 11.6 Å². The van der Waals surface area contributed by atoms with Crippen LogP contribution in [0.15, 0.2) is 45.5 Å². The number of furan rings is 1. The lowest BCUT2D eigenvalue weighted by molar-refractivity contribution is 0.532. The molecule has 18 heavy (non-hydrogen) atoms. The highest BCUT2D eigenvalue weighted by atomic mass is 79.9. The summed E-state index contributed by atoms with van der Waals surface area (Å²) in [6.45, 7) is 0. The van der Waals surface area contributed by atoms with Crippen LogP contribution >= 0.6 is 15.9 Å². The third-order valence-corrected chi connectivity index (χ3v) is 2.73. The first-order valence-electron chi connectivity index (χ1n) is 5.10. The number of hydrogen-bond acceptors (Lipinski definition) is 3. The van der Waals surface area contributed by atoms with Crippen LogP contribution in [0.1, 0.15) is 16.9 Å². The molecule has 2 aromatic rings. The summed E-state index contributed by atoms with van der Waals surface area (Å²) in [7, 11) is 0. The minimum Gasteiger partial charge on any atom is -0.450 e. The monoisotopic (exact) mass is 298 g/mol. The molecule has 0 spiro atoms. The summed E-state index contributed by atoms with van der Waals surface area (Å²) in [4.78, 5) is 0. The molecule has 1 aromatic heterocycles. The average Bonchev–Trinajstić information content (AvgIpc) is 2.81. The van der Waals surface area contributed by atoms with E-state index in [1.807, 2.05) is 6.07 Å². The first kappa shape index (κ1) is 12.2. The fourth-order valence-electron chi connectivity index (χ4n) is 1.48. The smallest absolute Gasteiger partial charge is 0.169 e. The molecule has 0 unspecified atom stereocenters. The highest BCUT2D eigenvalue weighted by Crippen LogP contribution is 2.21. The van der Waals surface area contributed by atoms with Gasteiger partial charge in [0.1, 0.15) is 5.76 Å². The third kappa shape index (κ3) is 2.68. The minimum absolute atomic E-state index is 0.453. The molecule has 1 heterocycles. The Bertz CT molecular complexity index is 686. The van der Waals surface area contributed by atoms with Gasteiger partial charge in [0, 0.05) is 0 Å². The Labute approximate surface area is 113 Å². The van der Waals surface area contributed by atoms with E-state index in [0.29, 0.717) is 27.1 Å². The molecule has 2 rings (SSSR count). The Morgan fingerprint density at radius 2 is 2.06 bits per heavy atom. The van der Waals surface area contributed by atoms with Crippen molar-refractivity contribution in [1.29, 1.82) is 10.5 Å². The molecule has 0 fully saturated rings. The van der Waals surface area contributed by atoms with Crippen LogP contribution in [0.5, 0.6) is 0 Å². The molecule has 0 radical (unpaired) electrons. The van der Waals surface area contributed by atoms with Crippen molar-refractivity contribution in [3.05, 3.63) is 58.0 Å². The molecule has 3 nitrogen and oxygen atoms in total. The Kier molecular flexibility index (Phi) is 3.62. The predicted octanol–water partition coefficient (Wildman–Crippen LogP) is 3.98. The van der Waals surface area contributed by atoms with E-state index in [-0.39, 0.29) is 0 Å². The van der Waals surface area contributed by atoms with Gasteiger partial charge in [-0.2, -0.15) is 10.5 Å². The molecular formula is C14H7BrN2O. The molecular weight excluding hydrogens is 292 g/mol. The van der Waals surface area contributed by atoms with E-state index in [1.54, 1.807) is 42.5 Å². The van der Waals surface area contributed by atoms with Crippen molar-refractivity contribution in [3.63, 3.8) is 0 Å². The van der Waals surface area contributed by atoms with Crippen molar-refractivity contribution in [2.24, 2.45) is 0 Å². The molecule has 86 valence electrons. The molecule has 0 atom stereocenters. The van der Waals surface area contributed by atoms with Gasteiger partial charge in [0.2, 0.25) is 0 Å². The average molecular weight is 299 g/mol. The SMILES string of the molecule is N#CC(=Cc1ccc(Br)o1)c1cccc(C#N)c1. The Hall–Kier alpha value is -2.30. The maximum atomic E-state index is 9.16. The third-order valence-electron chi connectivity index (χ3n) is 2.30. The van der Waals surface area contributed by atoms with Crippen LogP contribution in [0.3, 0.4) is 0 Å². The molecule has 0 saturated carbocycles. The molecule has 0 saturated heterocycles. The van der Waals surface area contributed by atoms with Crippen LogP contribution < -0.4 is 0 Å². The second kappa shape index (κ2) is 5.35. The lowest BCUT2D eigenvalue weighted by atomic mass is 10.0. The van der Waals surface area contributed by atoms with Gasteiger partial charge in [-0.15, -0.1) is 0 Å². The Morgan fingerprint density at radius 1 is 1.22 bits per heavy atom. The quantitative estimate of drug-likeness (QED) is 0.788. The maximum Gasteiger partial charge on any atom is 0.169 e. The van der Waals surface area contributed by atoms with E-state index in [1.165, 1.54) is 0 Å². The Morgan fingerprint density at radius 3 is 2.67 bits per heavy atom. The zero-order chi connectivity index (χ0) is 13.0. The highest BCUT2D eigenvalue weighted by molar-refractivity contribution is 9.10. The van der Waals surface area contributed by atoms with Crippen LogP contribution in [0.2, 0.25) is 0 Å². The highest BCUT2D eigenvalue weighted by Gasteiger charge is 2.04. The van der Waals surface area contributed by atoms with Gasteiger partial charge in [0.15, 0.2) is 4.67 Å². The van der Waals surface area contributed by atoms with Crippen molar-refractivity contribution < 1.29 is 4.42 Å². The van der Waals surface area contributed by atoms with Crippen molar-refractivity contribution in [2.75, 3.05) is 0 Å². The van der Waals surface area contributed by atoms with Gasteiger partial charge in [-0.05, 0) is 51.8 Å². The molecule has 0 N–H and O–H groups in total. The van der Waals surface area contributed by atoms with Gasteiger partial charge < -0.3 is 4.42 Å². The van der Waals surface area contributed by atoms with Crippen LogP contribution in [-0.2, 0) is 0 Å². The molecule has 0 aliphatic rings. The number of allylic oxidation sites excluding steroid dienone is 1. The fourth-order valence-corrected chi connectivity index (χ4v) is 1.80. The van der Waals surface area contributed by atoms with Gasteiger partial charge in [-0.1, -0.05) is 12.1 Å². The number of rotatable bonds is 2. The lowest BCUT2D eigenvalue weighted by Gasteiger charge is -1.98. The molecule has 0 aliphatic heterocycles. The zero-order valence-electron chi connectivity index (χ0n) is 9.22. The van der Waals surface area contributed by atoms with Gasteiger partial charge in [0.25, 0.3) is 0 Å². The van der Waals surface area contributed by atoms with E-state index in [0.717, 1.165) is 0 Å². The topological polar surface area (TPSA) is 60.7 Å².